The first kappa shape index (κ1) is 25.1. The Morgan fingerprint density at radius 2 is 1.47 bits per heavy atom. The Labute approximate surface area is 217 Å². The quantitative estimate of drug-likeness (QED) is 0.195. The van der Waals surface area contributed by atoms with Gasteiger partial charge in [0.2, 0.25) is 0 Å². The number of nitrogens with zero attached hydrogens (tertiary/aromatic N) is 1. The summed E-state index contributed by atoms with van der Waals surface area (Å²) in [7, 11) is 0. The van der Waals surface area contributed by atoms with E-state index in [-0.39, 0.29) is 27.2 Å². The van der Waals surface area contributed by atoms with Crippen molar-refractivity contribution in [3.63, 3.8) is 0 Å². The molecule has 0 heterocycles. The number of amides is 2. The normalized spacial score (nSPS) is 10.5. The molecule has 2 amide bonds. The number of aromatic hydroxyl groups is 1. The van der Waals surface area contributed by atoms with E-state index >= 15 is 0 Å². The highest BCUT2D eigenvalue weighted by atomic mass is 35.5. The van der Waals surface area contributed by atoms with Gasteiger partial charge in [0, 0.05) is 16.8 Å². The Morgan fingerprint density at radius 3 is 2.08 bits per heavy atom. The second kappa shape index (κ2) is 11.1. The molecule has 0 spiro atoms. The van der Waals surface area contributed by atoms with Gasteiger partial charge >= 0.3 is 0 Å². The molecule has 4 rings (SSSR count). The highest BCUT2D eigenvalue weighted by Crippen LogP contribution is 2.41. The van der Waals surface area contributed by atoms with Crippen LogP contribution in [0.4, 0.5) is 5.69 Å². The smallest absolute Gasteiger partial charge is 0.263 e. The number of benzene rings is 4. The van der Waals surface area contributed by atoms with E-state index in [0.29, 0.717) is 16.9 Å². The van der Waals surface area contributed by atoms with E-state index in [4.69, 9.17) is 33.1 Å². The Balaban J connectivity index is 1.67. The van der Waals surface area contributed by atoms with Crippen LogP contribution in [-0.2, 0) is 4.79 Å². The predicted molar refractivity (Wildman–Crippen MR) is 138 cm³/mol. The number of hydroxylamine groups is 1. The number of phenols is 1. The lowest BCUT2D eigenvalue weighted by Crippen LogP contribution is -2.40. The largest absolute Gasteiger partial charge is 0.507 e. The van der Waals surface area contributed by atoms with Crippen LogP contribution in [0.3, 0.4) is 0 Å². The molecule has 0 aromatic heterocycles. The van der Waals surface area contributed by atoms with Gasteiger partial charge in [-0.2, -0.15) is 0 Å². The molecular weight excluding hydrogens is 503 g/mol. The van der Waals surface area contributed by atoms with Crippen LogP contribution < -0.4 is 15.1 Å². The summed E-state index contributed by atoms with van der Waals surface area (Å²) < 4.78 is 5.94. The Morgan fingerprint density at radius 1 is 0.861 bits per heavy atom. The van der Waals surface area contributed by atoms with E-state index in [1.165, 1.54) is 23.7 Å². The zero-order valence-electron chi connectivity index (χ0n) is 18.7. The molecule has 0 aliphatic heterocycles. The second-order valence-corrected chi connectivity index (χ2v) is 8.49. The van der Waals surface area contributed by atoms with Gasteiger partial charge in [-0.1, -0.05) is 71.7 Å². The van der Waals surface area contributed by atoms with Crippen molar-refractivity contribution in [2.45, 2.75) is 0 Å². The minimum Gasteiger partial charge on any atom is -0.507 e. The monoisotopic (exact) mass is 522 g/mol. The van der Waals surface area contributed by atoms with Crippen LogP contribution in [0.15, 0.2) is 91.0 Å². The molecule has 7 nitrogen and oxygen atoms in total. The Kier molecular flexibility index (Phi) is 7.75. The summed E-state index contributed by atoms with van der Waals surface area (Å²) in [5.74, 6) is -0.709. The molecule has 0 fully saturated rings. The molecule has 182 valence electrons. The van der Waals surface area contributed by atoms with Crippen molar-refractivity contribution in [1.29, 1.82) is 0 Å². The number of ether oxygens (including phenoxy) is 1. The lowest BCUT2D eigenvalue weighted by molar-refractivity contribution is -0.127. The minimum atomic E-state index is -0.801. The Hall–Kier alpha value is -4.04. The van der Waals surface area contributed by atoms with Crippen molar-refractivity contribution in [3.8, 4) is 28.4 Å². The minimum absolute atomic E-state index is 0.0818. The summed E-state index contributed by atoms with van der Waals surface area (Å²) >= 11 is 13.0. The lowest BCUT2D eigenvalue weighted by atomic mass is 10.0. The van der Waals surface area contributed by atoms with Crippen LogP contribution in [0.1, 0.15) is 10.4 Å². The van der Waals surface area contributed by atoms with Crippen LogP contribution in [0.2, 0.25) is 10.0 Å². The maximum Gasteiger partial charge on any atom is 0.263 e. The first-order valence-electron chi connectivity index (χ1n) is 10.7. The SMILES string of the molecule is O=C(CN(C(=O)c1ccccc1)c1cc(Cl)c(Oc2ccc(O)c(-c3ccccc3)c2)c(Cl)c1)NO. The first-order valence-corrected chi connectivity index (χ1v) is 11.5. The summed E-state index contributed by atoms with van der Waals surface area (Å²) in [4.78, 5) is 26.2. The molecule has 0 radical (unpaired) electrons. The molecule has 0 saturated carbocycles. The molecule has 9 heteroatoms. The van der Waals surface area contributed by atoms with Crippen LogP contribution in [0.5, 0.6) is 17.2 Å². The molecular formula is C27H20Cl2N2O5. The van der Waals surface area contributed by atoms with E-state index < -0.39 is 18.4 Å². The number of hydrogen-bond acceptors (Lipinski definition) is 5. The molecule has 36 heavy (non-hydrogen) atoms. The number of carbonyl (C=O) groups is 2. The topological polar surface area (TPSA) is 99.1 Å². The van der Waals surface area contributed by atoms with E-state index in [1.807, 2.05) is 30.3 Å². The number of anilines is 1. The molecule has 4 aromatic rings. The van der Waals surface area contributed by atoms with E-state index in [2.05, 4.69) is 0 Å². The van der Waals surface area contributed by atoms with Crippen molar-refractivity contribution in [2.75, 3.05) is 11.4 Å². The van der Waals surface area contributed by atoms with Crippen molar-refractivity contribution >= 4 is 40.7 Å². The summed E-state index contributed by atoms with van der Waals surface area (Å²) in [6.07, 6.45) is 0. The van der Waals surface area contributed by atoms with E-state index in [9.17, 15) is 14.7 Å². The number of nitrogens with one attached hydrogen (secondary N) is 1. The third-order valence-electron chi connectivity index (χ3n) is 5.26. The van der Waals surface area contributed by atoms with Crippen LogP contribution in [-0.4, -0.2) is 28.7 Å². The number of carbonyl (C=O) groups excluding carboxylic acids is 2. The number of halogens is 2. The van der Waals surface area contributed by atoms with Gasteiger partial charge in [0.15, 0.2) is 5.75 Å². The third-order valence-corrected chi connectivity index (χ3v) is 5.82. The summed E-state index contributed by atoms with van der Waals surface area (Å²) in [6, 6.07) is 25.2. The van der Waals surface area contributed by atoms with Crippen molar-refractivity contribution in [2.24, 2.45) is 0 Å². The molecule has 3 N–H and O–H groups in total. The van der Waals surface area contributed by atoms with Gasteiger partial charge < -0.3 is 9.84 Å². The van der Waals surface area contributed by atoms with Gasteiger partial charge in [0.1, 0.15) is 18.0 Å². The first-order chi connectivity index (χ1) is 17.4. The van der Waals surface area contributed by atoms with Crippen LogP contribution in [0, 0.1) is 0 Å². The molecule has 0 aliphatic rings. The summed E-state index contributed by atoms with van der Waals surface area (Å²) in [5.41, 5.74) is 3.44. The third kappa shape index (κ3) is 5.60. The molecule has 0 aliphatic carbocycles. The summed E-state index contributed by atoms with van der Waals surface area (Å²) in [5, 5.41) is 19.5. The van der Waals surface area contributed by atoms with Gasteiger partial charge in [-0.15, -0.1) is 0 Å². The van der Waals surface area contributed by atoms with E-state index in [0.717, 1.165) is 10.5 Å². The highest BCUT2D eigenvalue weighted by molar-refractivity contribution is 6.37. The number of rotatable bonds is 7. The molecule has 4 aromatic carbocycles. The maximum atomic E-state index is 13.1. The fourth-order valence-electron chi connectivity index (χ4n) is 3.54. The fourth-order valence-corrected chi connectivity index (χ4v) is 4.09. The highest BCUT2D eigenvalue weighted by Gasteiger charge is 2.23. The number of phenolic OH excluding ortho intramolecular Hbond substituents is 1. The lowest BCUT2D eigenvalue weighted by Gasteiger charge is -2.23. The number of hydrogen-bond donors (Lipinski definition) is 3. The van der Waals surface area contributed by atoms with Gasteiger partial charge in [0.25, 0.3) is 11.8 Å². The zero-order chi connectivity index (χ0) is 25.7. The fraction of sp³-hybridized carbons (Fsp3) is 0.0370. The molecule has 0 unspecified atom stereocenters. The standard InChI is InChI=1S/C27H20Cl2N2O5/c28-22-13-19(31(16-25(33)30-35)27(34)18-9-5-2-6-10-18)14-23(29)26(22)36-20-11-12-24(32)21(15-20)17-7-3-1-4-8-17/h1-15,32,35H,16H2,(H,30,33). The Bertz CT molecular complexity index is 1380. The van der Waals surface area contributed by atoms with Crippen LogP contribution >= 0.6 is 23.2 Å². The molecule has 0 atom stereocenters. The van der Waals surface area contributed by atoms with Crippen molar-refractivity contribution < 1.29 is 24.6 Å². The zero-order valence-corrected chi connectivity index (χ0v) is 20.2. The van der Waals surface area contributed by atoms with E-state index in [1.54, 1.807) is 42.5 Å². The van der Waals surface area contributed by atoms with Gasteiger partial charge in [-0.05, 0) is 48.0 Å². The van der Waals surface area contributed by atoms with Gasteiger partial charge in [-0.3, -0.25) is 19.7 Å². The second-order valence-electron chi connectivity index (χ2n) is 7.68. The summed E-state index contributed by atoms with van der Waals surface area (Å²) in [6.45, 7) is -0.477. The van der Waals surface area contributed by atoms with Gasteiger partial charge in [-0.25, -0.2) is 5.48 Å². The average Bonchev–Trinajstić information content (AvgIpc) is 2.90. The van der Waals surface area contributed by atoms with Crippen molar-refractivity contribution in [3.05, 3.63) is 107 Å². The molecule has 0 saturated heterocycles. The molecule has 0 bridgehead atoms. The van der Waals surface area contributed by atoms with Crippen molar-refractivity contribution in [1.82, 2.24) is 5.48 Å². The van der Waals surface area contributed by atoms with Gasteiger partial charge in [0.05, 0.1) is 10.0 Å². The van der Waals surface area contributed by atoms with Crippen LogP contribution in [0.25, 0.3) is 11.1 Å². The maximum absolute atomic E-state index is 13.1. The average molecular weight is 523 g/mol. The predicted octanol–water partition coefficient (Wildman–Crippen LogP) is 6.31.